The first kappa shape index (κ1) is 19.2. The molecule has 27 heavy (non-hydrogen) atoms. The van der Waals surface area contributed by atoms with Crippen LogP contribution in [0.4, 0.5) is 13.2 Å². The van der Waals surface area contributed by atoms with Crippen LogP contribution in [-0.4, -0.2) is 26.1 Å². The molecule has 0 aliphatic carbocycles. The lowest BCUT2D eigenvalue weighted by atomic mass is 9.92. The molecule has 142 valence electrons. The van der Waals surface area contributed by atoms with E-state index in [1.165, 1.54) is 26.0 Å². The molecule has 0 bridgehead atoms. The summed E-state index contributed by atoms with van der Waals surface area (Å²) in [6.07, 6.45) is 0.871. The van der Waals surface area contributed by atoms with Gasteiger partial charge in [0.2, 0.25) is 5.78 Å². The lowest BCUT2D eigenvalue weighted by Gasteiger charge is -2.18. The maximum absolute atomic E-state index is 14.3. The molecule has 0 spiro atoms. The maximum Gasteiger partial charge on any atom is 0.210 e. The van der Waals surface area contributed by atoms with Crippen LogP contribution < -0.4 is 0 Å². The van der Waals surface area contributed by atoms with Gasteiger partial charge >= 0.3 is 0 Å². The molecule has 0 atom stereocenters. The fourth-order valence-corrected chi connectivity index (χ4v) is 3.54. The van der Waals surface area contributed by atoms with Crippen LogP contribution in [0.5, 0.6) is 0 Å². The zero-order valence-electron chi connectivity index (χ0n) is 14.6. The van der Waals surface area contributed by atoms with Gasteiger partial charge in [-0.2, -0.15) is 0 Å². The van der Waals surface area contributed by atoms with Gasteiger partial charge in [0.25, 0.3) is 0 Å². The molecule has 0 amide bonds. The van der Waals surface area contributed by atoms with E-state index in [1.807, 2.05) is 0 Å². The molecule has 0 aromatic heterocycles. The van der Waals surface area contributed by atoms with Gasteiger partial charge in [0.1, 0.15) is 16.5 Å². The number of rotatable bonds is 3. The summed E-state index contributed by atoms with van der Waals surface area (Å²) < 4.78 is 70.0. The topological polar surface area (TPSA) is 60.4 Å². The summed E-state index contributed by atoms with van der Waals surface area (Å²) in [7, 11) is -3.77. The summed E-state index contributed by atoms with van der Waals surface area (Å²) in [4.78, 5) is 12.2. The Balaban J connectivity index is 2.23. The molecule has 0 radical (unpaired) electrons. The Bertz CT molecular complexity index is 1100. The number of hydrogen-bond donors (Lipinski definition) is 0. The van der Waals surface area contributed by atoms with E-state index in [9.17, 15) is 26.4 Å². The van der Waals surface area contributed by atoms with Crippen LogP contribution in [0.2, 0.25) is 0 Å². The summed E-state index contributed by atoms with van der Waals surface area (Å²) in [5, 5.41) is 0. The van der Waals surface area contributed by atoms with Gasteiger partial charge in [0.05, 0.1) is 5.57 Å². The van der Waals surface area contributed by atoms with Crippen LogP contribution in [0.25, 0.3) is 11.3 Å². The van der Waals surface area contributed by atoms with E-state index in [0.717, 1.165) is 30.5 Å². The SMILES string of the molecule is CC1(C)OC(c2ccc(S(C)(=O)=O)c(F)c2)=C(c2ccc(F)c(F)c2)C1=O. The molecule has 1 aliphatic rings. The minimum Gasteiger partial charge on any atom is -0.478 e. The molecule has 3 rings (SSSR count). The Labute approximate surface area is 154 Å². The predicted octanol–water partition coefficient (Wildman–Crippen LogP) is 3.75. The molecule has 8 heteroatoms. The van der Waals surface area contributed by atoms with Crippen molar-refractivity contribution in [3.8, 4) is 0 Å². The molecule has 0 saturated heterocycles. The minimum atomic E-state index is -3.77. The fourth-order valence-electron chi connectivity index (χ4n) is 2.82. The highest BCUT2D eigenvalue weighted by molar-refractivity contribution is 7.90. The van der Waals surface area contributed by atoms with Crippen molar-refractivity contribution in [2.75, 3.05) is 6.26 Å². The van der Waals surface area contributed by atoms with Crippen molar-refractivity contribution in [3.63, 3.8) is 0 Å². The lowest BCUT2D eigenvalue weighted by Crippen LogP contribution is -2.29. The van der Waals surface area contributed by atoms with Crippen LogP contribution in [0.3, 0.4) is 0 Å². The number of Topliss-reactive ketones (excluding diaryl/α,β-unsaturated/α-hetero) is 1. The number of ketones is 1. The molecule has 0 N–H and O–H groups in total. The van der Waals surface area contributed by atoms with Crippen LogP contribution in [0.15, 0.2) is 41.3 Å². The van der Waals surface area contributed by atoms with Crippen LogP contribution in [-0.2, 0) is 19.4 Å². The van der Waals surface area contributed by atoms with E-state index in [4.69, 9.17) is 4.74 Å². The maximum atomic E-state index is 14.3. The predicted molar refractivity (Wildman–Crippen MR) is 92.9 cm³/mol. The highest BCUT2D eigenvalue weighted by Gasteiger charge is 2.43. The highest BCUT2D eigenvalue weighted by Crippen LogP contribution is 2.41. The molecular weight excluding hydrogens is 381 g/mol. The third-order valence-corrected chi connectivity index (χ3v) is 5.29. The van der Waals surface area contributed by atoms with Crippen molar-refractivity contribution in [1.29, 1.82) is 0 Å². The number of halogens is 3. The first-order valence-electron chi connectivity index (χ1n) is 7.85. The van der Waals surface area contributed by atoms with Gasteiger partial charge < -0.3 is 4.74 Å². The molecule has 0 unspecified atom stereocenters. The van der Waals surface area contributed by atoms with Crippen molar-refractivity contribution >= 4 is 27.0 Å². The molecule has 4 nitrogen and oxygen atoms in total. The van der Waals surface area contributed by atoms with Crippen molar-refractivity contribution in [2.24, 2.45) is 0 Å². The fraction of sp³-hybridized carbons (Fsp3) is 0.211. The summed E-state index contributed by atoms with van der Waals surface area (Å²) in [6, 6.07) is 6.24. The van der Waals surface area contributed by atoms with Gasteiger partial charge in [0.15, 0.2) is 27.1 Å². The third kappa shape index (κ3) is 3.37. The second-order valence-electron chi connectivity index (χ2n) is 6.69. The van der Waals surface area contributed by atoms with E-state index in [-0.39, 0.29) is 22.5 Å². The minimum absolute atomic E-state index is 0.0324. The average molecular weight is 396 g/mol. The van der Waals surface area contributed by atoms with E-state index >= 15 is 0 Å². The van der Waals surface area contributed by atoms with Gasteiger partial charge in [-0.05, 0) is 49.7 Å². The van der Waals surface area contributed by atoms with Crippen molar-refractivity contribution in [1.82, 2.24) is 0 Å². The Kier molecular flexibility index (Phi) is 4.42. The summed E-state index contributed by atoms with van der Waals surface area (Å²) in [6.45, 7) is 2.98. The summed E-state index contributed by atoms with van der Waals surface area (Å²) in [5.74, 6) is -3.75. The van der Waals surface area contributed by atoms with Gasteiger partial charge in [0, 0.05) is 11.8 Å². The largest absolute Gasteiger partial charge is 0.478 e. The summed E-state index contributed by atoms with van der Waals surface area (Å²) in [5.41, 5.74) is -1.15. The van der Waals surface area contributed by atoms with E-state index in [1.54, 1.807) is 0 Å². The first-order chi connectivity index (χ1) is 12.4. The third-order valence-electron chi connectivity index (χ3n) is 4.16. The Morgan fingerprint density at radius 1 is 0.889 bits per heavy atom. The monoisotopic (exact) mass is 396 g/mol. The smallest absolute Gasteiger partial charge is 0.210 e. The van der Waals surface area contributed by atoms with Gasteiger partial charge in [-0.25, -0.2) is 21.6 Å². The van der Waals surface area contributed by atoms with Crippen LogP contribution in [0, 0.1) is 17.5 Å². The molecule has 1 aliphatic heterocycles. The van der Waals surface area contributed by atoms with E-state index in [2.05, 4.69) is 0 Å². The summed E-state index contributed by atoms with van der Waals surface area (Å²) >= 11 is 0. The Hall–Kier alpha value is -2.61. The van der Waals surface area contributed by atoms with Crippen molar-refractivity contribution in [2.45, 2.75) is 24.3 Å². The van der Waals surface area contributed by atoms with Crippen LogP contribution >= 0.6 is 0 Å². The van der Waals surface area contributed by atoms with Crippen molar-refractivity contribution in [3.05, 3.63) is 65.0 Å². The normalized spacial score (nSPS) is 16.6. The number of ether oxygens (including phenoxy) is 1. The van der Waals surface area contributed by atoms with Crippen molar-refractivity contribution < 1.29 is 31.1 Å². The molecule has 1 heterocycles. The number of hydrogen-bond acceptors (Lipinski definition) is 4. The van der Waals surface area contributed by atoms with Gasteiger partial charge in [-0.15, -0.1) is 0 Å². The Morgan fingerprint density at radius 3 is 2.04 bits per heavy atom. The average Bonchev–Trinajstić information content (AvgIpc) is 2.79. The molecule has 0 saturated carbocycles. The quantitative estimate of drug-likeness (QED) is 0.793. The van der Waals surface area contributed by atoms with E-state index < -0.39 is 43.6 Å². The zero-order valence-corrected chi connectivity index (χ0v) is 15.5. The molecule has 2 aromatic carbocycles. The second kappa shape index (κ2) is 6.23. The first-order valence-corrected chi connectivity index (χ1v) is 9.74. The standard InChI is InChI=1S/C19H15F3O4S/c1-19(2)18(23)16(10-4-6-12(20)13(21)8-10)17(26-19)11-5-7-15(14(22)9-11)27(3,24)25/h4-9H,1-3H3. The highest BCUT2D eigenvalue weighted by atomic mass is 32.2. The number of carbonyl (C=O) groups excluding carboxylic acids is 1. The number of carbonyl (C=O) groups is 1. The molecular formula is C19H15F3O4S. The molecule has 0 fully saturated rings. The van der Waals surface area contributed by atoms with Crippen LogP contribution in [0.1, 0.15) is 25.0 Å². The number of sulfone groups is 1. The Morgan fingerprint density at radius 2 is 1.48 bits per heavy atom. The van der Waals surface area contributed by atoms with Gasteiger partial charge in [-0.1, -0.05) is 6.07 Å². The van der Waals surface area contributed by atoms with E-state index in [0.29, 0.717) is 0 Å². The second-order valence-corrected chi connectivity index (χ2v) is 8.68. The zero-order chi connectivity index (χ0) is 20.1. The molecule has 2 aromatic rings. The number of benzene rings is 2. The lowest BCUT2D eigenvalue weighted by molar-refractivity contribution is -0.125. The van der Waals surface area contributed by atoms with Gasteiger partial charge in [-0.3, -0.25) is 4.79 Å².